The molecule has 1 N–H and O–H groups in total. The standard InChI is InChI=1S/C12H21N5O2/c1-4-17-6-5-9(8-17)7-13-10-14-11(18-2)16-12(15-10)19-3/h9H,4-8H2,1-3H3,(H,13,14,15,16). The number of hydrogen-bond acceptors (Lipinski definition) is 7. The molecule has 7 nitrogen and oxygen atoms in total. The molecule has 0 amide bonds. The first-order chi connectivity index (χ1) is 9.25. The summed E-state index contributed by atoms with van der Waals surface area (Å²) in [5, 5.41) is 3.23. The van der Waals surface area contributed by atoms with Crippen LogP contribution in [0.4, 0.5) is 5.95 Å². The highest BCUT2D eigenvalue weighted by atomic mass is 16.5. The van der Waals surface area contributed by atoms with Crippen LogP contribution in [0.3, 0.4) is 0 Å². The zero-order valence-corrected chi connectivity index (χ0v) is 11.7. The maximum atomic E-state index is 5.01. The van der Waals surface area contributed by atoms with Gasteiger partial charge in [-0.2, -0.15) is 9.97 Å². The van der Waals surface area contributed by atoms with Crippen molar-refractivity contribution in [3.63, 3.8) is 0 Å². The molecule has 0 aromatic carbocycles. The van der Waals surface area contributed by atoms with E-state index >= 15 is 0 Å². The van der Waals surface area contributed by atoms with Crippen molar-refractivity contribution in [3.05, 3.63) is 0 Å². The van der Waals surface area contributed by atoms with Gasteiger partial charge in [0.1, 0.15) is 0 Å². The van der Waals surface area contributed by atoms with Gasteiger partial charge in [-0.15, -0.1) is 4.98 Å². The third kappa shape index (κ3) is 3.66. The van der Waals surface area contributed by atoms with E-state index in [1.807, 2.05) is 0 Å². The normalized spacial score (nSPS) is 19.4. The second kappa shape index (κ2) is 6.51. The van der Waals surface area contributed by atoms with Gasteiger partial charge in [0, 0.05) is 13.1 Å². The first-order valence-electron chi connectivity index (χ1n) is 6.55. The van der Waals surface area contributed by atoms with Crippen LogP contribution in [0.25, 0.3) is 0 Å². The molecule has 1 unspecified atom stereocenters. The van der Waals surface area contributed by atoms with Crippen molar-refractivity contribution in [2.24, 2.45) is 5.92 Å². The summed E-state index contributed by atoms with van der Waals surface area (Å²) in [5.74, 6) is 1.13. The van der Waals surface area contributed by atoms with Gasteiger partial charge in [0.05, 0.1) is 14.2 Å². The van der Waals surface area contributed by atoms with E-state index in [0.717, 1.165) is 19.6 Å². The van der Waals surface area contributed by atoms with Crippen LogP contribution in [-0.4, -0.2) is 60.3 Å². The molecule has 0 aliphatic carbocycles. The number of likely N-dealkylation sites (tertiary alicyclic amines) is 1. The van der Waals surface area contributed by atoms with E-state index < -0.39 is 0 Å². The van der Waals surface area contributed by atoms with Gasteiger partial charge >= 0.3 is 12.0 Å². The highest BCUT2D eigenvalue weighted by Gasteiger charge is 2.21. The third-order valence-electron chi connectivity index (χ3n) is 3.33. The van der Waals surface area contributed by atoms with Crippen LogP contribution in [0.15, 0.2) is 0 Å². The van der Waals surface area contributed by atoms with Crippen LogP contribution in [-0.2, 0) is 0 Å². The summed E-state index contributed by atoms with van der Waals surface area (Å²) >= 11 is 0. The third-order valence-corrected chi connectivity index (χ3v) is 3.33. The van der Waals surface area contributed by atoms with Crippen molar-refractivity contribution < 1.29 is 9.47 Å². The molecule has 1 aromatic rings. The molecule has 7 heteroatoms. The monoisotopic (exact) mass is 267 g/mol. The zero-order chi connectivity index (χ0) is 13.7. The Bertz CT molecular complexity index is 393. The first kappa shape index (κ1) is 13.8. The Balaban J connectivity index is 1.92. The quantitative estimate of drug-likeness (QED) is 0.811. The summed E-state index contributed by atoms with van der Waals surface area (Å²) in [7, 11) is 3.04. The summed E-state index contributed by atoms with van der Waals surface area (Å²) in [6.07, 6.45) is 1.21. The van der Waals surface area contributed by atoms with E-state index in [1.165, 1.54) is 27.2 Å². The maximum Gasteiger partial charge on any atom is 0.324 e. The fourth-order valence-corrected chi connectivity index (χ4v) is 2.20. The second-order valence-corrected chi connectivity index (χ2v) is 4.56. The Morgan fingerprint density at radius 2 is 1.89 bits per heavy atom. The Morgan fingerprint density at radius 3 is 2.42 bits per heavy atom. The largest absolute Gasteiger partial charge is 0.467 e. The molecule has 106 valence electrons. The van der Waals surface area contributed by atoms with Gasteiger partial charge in [0.25, 0.3) is 0 Å². The molecule has 0 spiro atoms. The summed E-state index contributed by atoms with van der Waals surface area (Å²) in [6, 6.07) is 0.520. The van der Waals surface area contributed by atoms with E-state index in [1.54, 1.807) is 0 Å². The van der Waals surface area contributed by atoms with E-state index in [0.29, 0.717) is 11.9 Å². The van der Waals surface area contributed by atoms with Gasteiger partial charge in [-0.25, -0.2) is 0 Å². The van der Waals surface area contributed by atoms with Gasteiger partial charge in [0.2, 0.25) is 5.95 Å². The van der Waals surface area contributed by atoms with Crippen molar-refractivity contribution >= 4 is 5.95 Å². The van der Waals surface area contributed by atoms with Gasteiger partial charge in [-0.3, -0.25) is 0 Å². The number of hydrogen-bond donors (Lipinski definition) is 1. The van der Waals surface area contributed by atoms with Crippen molar-refractivity contribution in [1.29, 1.82) is 0 Å². The van der Waals surface area contributed by atoms with E-state index in [2.05, 4.69) is 32.1 Å². The summed E-state index contributed by atoms with van der Waals surface area (Å²) < 4.78 is 10.0. The Morgan fingerprint density at radius 1 is 1.21 bits per heavy atom. The van der Waals surface area contributed by atoms with E-state index in [-0.39, 0.29) is 12.0 Å². The average Bonchev–Trinajstić information content (AvgIpc) is 2.92. The molecular weight excluding hydrogens is 246 g/mol. The smallest absolute Gasteiger partial charge is 0.324 e. The molecule has 1 aliphatic heterocycles. The lowest BCUT2D eigenvalue weighted by Gasteiger charge is -2.14. The van der Waals surface area contributed by atoms with Gasteiger partial charge < -0.3 is 19.7 Å². The van der Waals surface area contributed by atoms with Crippen LogP contribution in [0, 0.1) is 5.92 Å². The molecule has 1 aromatic heterocycles. The molecule has 0 radical (unpaired) electrons. The van der Waals surface area contributed by atoms with Crippen LogP contribution in [0.5, 0.6) is 12.0 Å². The summed E-state index contributed by atoms with van der Waals surface area (Å²) in [6.45, 7) is 6.46. The molecule has 1 aliphatic rings. The predicted octanol–water partition coefficient (Wildman–Crippen LogP) is 0.642. The zero-order valence-electron chi connectivity index (χ0n) is 11.7. The molecular formula is C12H21N5O2. The van der Waals surface area contributed by atoms with Gasteiger partial charge in [0.15, 0.2) is 0 Å². The molecule has 1 atom stereocenters. The fourth-order valence-electron chi connectivity index (χ4n) is 2.20. The average molecular weight is 267 g/mol. The van der Waals surface area contributed by atoms with Crippen LogP contribution in [0.1, 0.15) is 13.3 Å². The molecule has 2 heterocycles. The number of methoxy groups -OCH3 is 2. The highest BCUT2D eigenvalue weighted by Crippen LogP contribution is 2.17. The molecule has 2 rings (SSSR count). The summed E-state index contributed by atoms with van der Waals surface area (Å²) in [5.41, 5.74) is 0. The fraction of sp³-hybridized carbons (Fsp3) is 0.750. The first-order valence-corrected chi connectivity index (χ1v) is 6.55. The van der Waals surface area contributed by atoms with Crippen LogP contribution >= 0.6 is 0 Å². The molecule has 19 heavy (non-hydrogen) atoms. The summed E-state index contributed by atoms with van der Waals surface area (Å²) in [4.78, 5) is 14.7. The topological polar surface area (TPSA) is 72.4 Å². The molecule has 0 bridgehead atoms. The lowest BCUT2D eigenvalue weighted by Crippen LogP contribution is -2.23. The number of anilines is 1. The van der Waals surface area contributed by atoms with Gasteiger partial charge in [-0.05, 0) is 25.4 Å². The van der Waals surface area contributed by atoms with Crippen LogP contribution in [0.2, 0.25) is 0 Å². The molecule has 1 saturated heterocycles. The number of nitrogens with one attached hydrogen (secondary N) is 1. The highest BCUT2D eigenvalue weighted by molar-refractivity contribution is 5.27. The minimum Gasteiger partial charge on any atom is -0.467 e. The molecule has 0 saturated carbocycles. The minimum atomic E-state index is 0.260. The number of rotatable bonds is 6. The Labute approximate surface area is 113 Å². The molecule has 1 fully saturated rings. The number of aromatic nitrogens is 3. The van der Waals surface area contributed by atoms with E-state index in [4.69, 9.17) is 9.47 Å². The Kier molecular flexibility index (Phi) is 4.73. The SMILES string of the molecule is CCN1CCC(CNc2nc(OC)nc(OC)n2)C1. The second-order valence-electron chi connectivity index (χ2n) is 4.56. The van der Waals surface area contributed by atoms with Gasteiger partial charge in [-0.1, -0.05) is 6.92 Å². The van der Waals surface area contributed by atoms with Crippen molar-refractivity contribution in [2.45, 2.75) is 13.3 Å². The lowest BCUT2D eigenvalue weighted by molar-refractivity contribution is 0.339. The van der Waals surface area contributed by atoms with Crippen LogP contribution < -0.4 is 14.8 Å². The van der Waals surface area contributed by atoms with Crippen molar-refractivity contribution in [3.8, 4) is 12.0 Å². The maximum absolute atomic E-state index is 5.01. The Hall–Kier alpha value is -1.63. The van der Waals surface area contributed by atoms with Crippen molar-refractivity contribution in [2.75, 3.05) is 45.7 Å². The van der Waals surface area contributed by atoms with Crippen molar-refractivity contribution in [1.82, 2.24) is 19.9 Å². The number of ether oxygens (including phenoxy) is 2. The minimum absolute atomic E-state index is 0.260. The van der Waals surface area contributed by atoms with E-state index in [9.17, 15) is 0 Å². The predicted molar refractivity (Wildman–Crippen MR) is 71.6 cm³/mol. The lowest BCUT2D eigenvalue weighted by atomic mass is 10.1. The number of nitrogens with zero attached hydrogens (tertiary/aromatic N) is 4.